The van der Waals surface area contributed by atoms with Crippen molar-refractivity contribution in [3.8, 4) is 0 Å². The van der Waals surface area contributed by atoms with Crippen molar-refractivity contribution >= 4 is 5.78 Å². The number of hydrogen-bond acceptors (Lipinski definition) is 5. The lowest BCUT2D eigenvalue weighted by Gasteiger charge is -2.32. The van der Waals surface area contributed by atoms with Crippen molar-refractivity contribution in [2.45, 2.75) is 62.6 Å². The Bertz CT molecular complexity index is 410. The number of rotatable bonds is 3. The lowest BCUT2D eigenvalue weighted by atomic mass is 9.89. The van der Waals surface area contributed by atoms with Crippen molar-refractivity contribution in [3.05, 3.63) is 11.6 Å². The normalized spacial score (nSPS) is 36.0. The lowest BCUT2D eigenvalue weighted by molar-refractivity contribution is -0.198. The fraction of sp³-hybridized carbons (Fsp3) is 0.800. The Morgan fingerprint density at radius 3 is 2.80 bits per heavy atom. The quantitative estimate of drug-likeness (QED) is 0.846. The van der Waals surface area contributed by atoms with Gasteiger partial charge >= 0.3 is 0 Å². The predicted octanol–water partition coefficient (Wildman–Crippen LogP) is 1.34. The van der Waals surface area contributed by atoms with Crippen molar-refractivity contribution < 1.29 is 24.1 Å². The standard InChI is InChI=1S/C15H22O5/c1-18-8-5-10-9-11(16)13-14(12(10)17)20-15(19-13)6-3-2-4-7-15/h9,12-14,17H,2-8H2,1H3/t12-,13-,14+/m1/s1. The smallest absolute Gasteiger partial charge is 0.187 e. The average molecular weight is 282 g/mol. The predicted molar refractivity (Wildman–Crippen MR) is 71.2 cm³/mol. The first kappa shape index (κ1) is 14.2. The van der Waals surface area contributed by atoms with Crippen LogP contribution in [0.25, 0.3) is 0 Å². The molecule has 1 N–H and O–H groups in total. The van der Waals surface area contributed by atoms with Gasteiger partial charge in [0.25, 0.3) is 0 Å². The van der Waals surface area contributed by atoms with E-state index < -0.39 is 24.1 Å². The van der Waals surface area contributed by atoms with E-state index in [1.807, 2.05) is 0 Å². The molecule has 1 spiro atoms. The molecule has 2 fully saturated rings. The Hall–Kier alpha value is -0.750. The second-order valence-corrected chi connectivity index (χ2v) is 5.90. The fourth-order valence-corrected chi connectivity index (χ4v) is 3.41. The molecule has 0 bridgehead atoms. The number of methoxy groups -OCH3 is 1. The third-order valence-electron chi connectivity index (χ3n) is 4.50. The summed E-state index contributed by atoms with van der Waals surface area (Å²) >= 11 is 0. The summed E-state index contributed by atoms with van der Waals surface area (Å²) in [5, 5.41) is 10.4. The summed E-state index contributed by atoms with van der Waals surface area (Å²) in [5.41, 5.74) is 0.689. The molecule has 3 atom stereocenters. The third-order valence-corrected chi connectivity index (χ3v) is 4.50. The largest absolute Gasteiger partial charge is 0.386 e. The Balaban J connectivity index is 1.76. The van der Waals surface area contributed by atoms with Crippen molar-refractivity contribution in [2.75, 3.05) is 13.7 Å². The molecular formula is C15H22O5. The van der Waals surface area contributed by atoms with E-state index >= 15 is 0 Å². The van der Waals surface area contributed by atoms with Crippen LogP contribution in [0.3, 0.4) is 0 Å². The Labute approximate surface area is 118 Å². The van der Waals surface area contributed by atoms with Crippen LogP contribution in [0.5, 0.6) is 0 Å². The van der Waals surface area contributed by atoms with E-state index in [1.54, 1.807) is 7.11 Å². The number of ketones is 1. The first-order valence-electron chi connectivity index (χ1n) is 7.42. The topological polar surface area (TPSA) is 65.0 Å². The number of carbonyl (C=O) groups excluding carboxylic acids is 1. The summed E-state index contributed by atoms with van der Waals surface area (Å²) in [4.78, 5) is 12.2. The summed E-state index contributed by atoms with van der Waals surface area (Å²) in [6.45, 7) is 0.486. The van der Waals surface area contributed by atoms with Gasteiger partial charge in [0.15, 0.2) is 17.7 Å². The van der Waals surface area contributed by atoms with Crippen LogP contribution < -0.4 is 0 Å². The molecule has 1 saturated heterocycles. The van der Waals surface area contributed by atoms with Gasteiger partial charge in [-0.15, -0.1) is 0 Å². The number of carbonyl (C=O) groups is 1. The van der Waals surface area contributed by atoms with Crippen LogP contribution in [0.2, 0.25) is 0 Å². The molecule has 5 nitrogen and oxygen atoms in total. The van der Waals surface area contributed by atoms with Gasteiger partial charge in [-0.05, 0) is 30.9 Å². The first-order chi connectivity index (χ1) is 9.65. The van der Waals surface area contributed by atoms with Crippen molar-refractivity contribution in [2.24, 2.45) is 0 Å². The van der Waals surface area contributed by atoms with Crippen LogP contribution >= 0.6 is 0 Å². The van der Waals surface area contributed by atoms with Gasteiger partial charge in [-0.3, -0.25) is 4.79 Å². The highest BCUT2D eigenvalue weighted by Crippen LogP contribution is 2.43. The molecule has 0 aromatic rings. The van der Waals surface area contributed by atoms with E-state index in [4.69, 9.17) is 14.2 Å². The molecule has 3 rings (SSSR count). The van der Waals surface area contributed by atoms with Gasteiger partial charge in [-0.2, -0.15) is 0 Å². The van der Waals surface area contributed by atoms with Crippen molar-refractivity contribution in [1.82, 2.24) is 0 Å². The molecule has 112 valence electrons. The maximum Gasteiger partial charge on any atom is 0.187 e. The van der Waals surface area contributed by atoms with Gasteiger partial charge in [0, 0.05) is 20.0 Å². The van der Waals surface area contributed by atoms with Crippen LogP contribution in [0.15, 0.2) is 11.6 Å². The van der Waals surface area contributed by atoms with Gasteiger partial charge in [0.05, 0.1) is 6.61 Å². The molecule has 0 radical (unpaired) electrons. The molecule has 1 aliphatic heterocycles. The number of ether oxygens (including phenoxy) is 3. The fourth-order valence-electron chi connectivity index (χ4n) is 3.41. The minimum atomic E-state index is -0.769. The minimum absolute atomic E-state index is 0.0890. The number of hydrogen-bond donors (Lipinski definition) is 1. The highest BCUT2D eigenvalue weighted by atomic mass is 16.8. The Morgan fingerprint density at radius 1 is 1.35 bits per heavy atom. The highest BCUT2D eigenvalue weighted by Gasteiger charge is 2.54. The molecule has 0 aromatic carbocycles. The molecule has 20 heavy (non-hydrogen) atoms. The van der Waals surface area contributed by atoms with Gasteiger partial charge in [0.1, 0.15) is 12.2 Å². The Morgan fingerprint density at radius 2 is 2.10 bits per heavy atom. The molecule has 0 aromatic heterocycles. The summed E-state index contributed by atoms with van der Waals surface area (Å²) in [6.07, 6.45) is 4.99. The van der Waals surface area contributed by atoms with Crippen LogP contribution in [0, 0.1) is 0 Å². The van der Waals surface area contributed by atoms with Gasteiger partial charge in [-0.25, -0.2) is 0 Å². The summed E-state index contributed by atoms with van der Waals surface area (Å²) in [7, 11) is 1.60. The second-order valence-electron chi connectivity index (χ2n) is 5.90. The SMILES string of the molecule is COCCC1=CC(=O)[C@H]2OC3(CCCCC3)O[C@H]2[C@@H]1O. The van der Waals surface area contributed by atoms with E-state index in [2.05, 4.69) is 0 Å². The van der Waals surface area contributed by atoms with Crippen molar-refractivity contribution in [3.63, 3.8) is 0 Å². The molecule has 1 saturated carbocycles. The average Bonchev–Trinajstić information content (AvgIpc) is 2.82. The van der Waals surface area contributed by atoms with E-state index in [-0.39, 0.29) is 5.78 Å². The van der Waals surface area contributed by atoms with Crippen LogP contribution in [0.4, 0.5) is 0 Å². The summed E-state index contributed by atoms with van der Waals surface area (Å²) < 4.78 is 16.9. The van der Waals surface area contributed by atoms with Gasteiger partial charge in [-0.1, -0.05) is 6.42 Å². The monoisotopic (exact) mass is 282 g/mol. The zero-order valence-electron chi connectivity index (χ0n) is 11.8. The van der Waals surface area contributed by atoms with Gasteiger partial charge < -0.3 is 19.3 Å². The van der Waals surface area contributed by atoms with Gasteiger partial charge in [0.2, 0.25) is 0 Å². The molecule has 2 aliphatic carbocycles. The maximum absolute atomic E-state index is 12.2. The molecule has 5 heteroatoms. The zero-order valence-corrected chi connectivity index (χ0v) is 11.8. The van der Waals surface area contributed by atoms with Crippen LogP contribution in [-0.2, 0) is 19.0 Å². The second kappa shape index (κ2) is 5.56. The number of aliphatic hydroxyl groups excluding tert-OH is 1. The zero-order chi connectivity index (χ0) is 14.2. The molecule has 0 amide bonds. The molecule has 0 unspecified atom stereocenters. The number of fused-ring (bicyclic) bond motifs is 1. The summed E-state index contributed by atoms with van der Waals surface area (Å²) in [6, 6.07) is 0. The highest BCUT2D eigenvalue weighted by molar-refractivity contribution is 5.96. The van der Waals surface area contributed by atoms with E-state index in [0.717, 1.165) is 25.7 Å². The summed E-state index contributed by atoms with van der Waals surface area (Å²) in [5.74, 6) is -0.733. The molecule has 3 aliphatic rings. The molecular weight excluding hydrogens is 260 g/mol. The van der Waals surface area contributed by atoms with Crippen LogP contribution in [-0.4, -0.2) is 48.7 Å². The van der Waals surface area contributed by atoms with Crippen LogP contribution in [0.1, 0.15) is 38.5 Å². The maximum atomic E-state index is 12.2. The van der Waals surface area contributed by atoms with E-state index in [9.17, 15) is 9.90 Å². The Kier molecular flexibility index (Phi) is 3.95. The minimum Gasteiger partial charge on any atom is -0.386 e. The first-order valence-corrected chi connectivity index (χ1v) is 7.42. The molecule has 1 heterocycles. The number of aliphatic hydroxyl groups is 1. The van der Waals surface area contributed by atoms with E-state index in [1.165, 1.54) is 12.5 Å². The third kappa shape index (κ3) is 2.44. The van der Waals surface area contributed by atoms with E-state index in [0.29, 0.717) is 18.6 Å². The lowest BCUT2D eigenvalue weighted by Crippen LogP contribution is -2.44. The van der Waals surface area contributed by atoms with Crippen molar-refractivity contribution in [1.29, 1.82) is 0 Å².